The Kier molecular flexibility index (Phi) is 4.02. The fourth-order valence-corrected chi connectivity index (χ4v) is 0.994. The van der Waals surface area contributed by atoms with E-state index in [2.05, 4.69) is 4.99 Å². The molecule has 0 aliphatic carbocycles. The van der Waals surface area contributed by atoms with Crippen LogP contribution >= 0.6 is 0 Å². The number of aliphatic imine (C=N–C) groups is 1. The number of rotatable bonds is 2. The van der Waals surface area contributed by atoms with Crippen molar-refractivity contribution >= 4 is 6.21 Å². The van der Waals surface area contributed by atoms with Crippen LogP contribution in [0.5, 0.6) is 0 Å². The van der Waals surface area contributed by atoms with Crippen molar-refractivity contribution in [1.29, 1.82) is 15.8 Å². The minimum Gasteiger partial charge on any atom is -0.388 e. The SMILES string of the molecule is N#C/C(N)=C(\C#N)N=Cc1ccc(C#N)cc1. The van der Waals surface area contributed by atoms with Crippen LogP contribution in [0.1, 0.15) is 11.1 Å². The molecular formula is C12H7N5. The second kappa shape index (κ2) is 5.70. The van der Waals surface area contributed by atoms with Gasteiger partial charge in [-0.2, -0.15) is 15.8 Å². The van der Waals surface area contributed by atoms with Gasteiger partial charge in [-0.25, -0.2) is 4.99 Å². The molecule has 0 aromatic heterocycles. The minimum atomic E-state index is -0.225. The molecule has 0 saturated carbocycles. The first kappa shape index (κ1) is 12.0. The van der Waals surface area contributed by atoms with Gasteiger partial charge >= 0.3 is 0 Å². The Hall–Kier alpha value is -3.10. The van der Waals surface area contributed by atoms with E-state index in [0.717, 1.165) is 0 Å². The molecule has 1 aromatic carbocycles. The maximum absolute atomic E-state index is 8.69. The molecular weight excluding hydrogens is 214 g/mol. The van der Waals surface area contributed by atoms with Gasteiger partial charge in [-0.15, -0.1) is 0 Å². The average molecular weight is 221 g/mol. The van der Waals surface area contributed by atoms with E-state index in [1.807, 2.05) is 6.07 Å². The highest BCUT2D eigenvalue weighted by atomic mass is 14.8. The molecule has 80 valence electrons. The summed E-state index contributed by atoms with van der Waals surface area (Å²) < 4.78 is 0. The van der Waals surface area contributed by atoms with Crippen molar-refractivity contribution in [2.24, 2.45) is 10.7 Å². The van der Waals surface area contributed by atoms with Crippen molar-refractivity contribution in [3.8, 4) is 18.2 Å². The smallest absolute Gasteiger partial charge is 0.174 e. The Labute approximate surface area is 98.3 Å². The molecule has 0 heterocycles. The van der Waals surface area contributed by atoms with E-state index in [9.17, 15) is 0 Å². The molecule has 0 aliphatic rings. The van der Waals surface area contributed by atoms with Crippen molar-refractivity contribution in [1.82, 2.24) is 0 Å². The van der Waals surface area contributed by atoms with Gasteiger partial charge in [0.1, 0.15) is 17.8 Å². The van der Waals surface area contributed by atoms with Crippen LogP contribution in [0.4, 0.5) is 0 Å². The molecule has 0 amide bonds. The number of hydrogen-bond donors (Lipinski definition) is 1. The van der Waals surface area contributed by atoms with Crippen molar-refractivity contribution < 1.29 is 0 Å². The summed E-state index contributed by atoms with van der Waals surface area (Å²) in [6.45, 7) is 0. The van der Waals surface area contributed by atoms with Crippen molar-refractivity contribution in [3.63, 3.8) is 0 Å². The van der Waals surface area contributed by atoms with Gasteiger partial charge in [0.15, 0.2) is 5.70 Å². The van der Waals surface area contributed by atoms with Gasteiger partial charge < -0.3 is 5.73 Å². The maximum atomic E-state index is 8.69. The van der Waals surface area contributed by atoms with Crippen LogP contribution in [-0.4, -0.2) is 6.21 Å². The van der Waals surface area contributed by atoms with Gasteiger partial charge in [0.25, 0.3) is 0 Å². The van der Waals surface area contributed by atoms with Crippen molar-refractivity contribution in [2.75, 3.05) is 0 Å². The fourth-order valence-electron chi connectivity index (χ4n) is 0.994. The summed E-state index contributed by atoms with van der Waals surface area (Å²) in [7, 11) is 0. The van der Waals surface area contributed by atoms with E-state index in [1.54, 1.807) is 36.4 Å². The largest absolute Gasteiger partial charge is 0.388 e. The number of nitriles is 3. The summed E-state index contributed by atoms with van der Waals surface area (Å²) in [5.41, 5.74) is 6.17. The molecule has 0 unspecified atom stereocenters. The molecule has 1 aromatic rings. The normalized spacial score (nSPS) is 11.1. The van der Waals surface area contributed by atoms with Crippen LogP contribution in [-0.2, 0) is 0 Å². The summed E-state index contributed by atoms with van der Waals surface area (Å²) in [6.07, 6.45) is 1.41. The first-order valence-electron chi connectivity index (χ1n) is 4.55. The Morgan fingerprint density at radius 3 is 2.24 bits per heavy atom. The minimum absolute atomic E-state index is 0.128. The van der Waals surface area contributed by atoms with E-state index in [-0.39, 0.29) is 11.4 Å². The van der Waals surface area contributed by atoms with Gasteiger partial charge in [-0.1, -0.05) is 12.1 Å². The third-order valence-electron chi connectivity index (χ3n) is 1.86. The first-order valence-corrected chi connectivity index (χ1v) is 4.55. The average Bonchev–Trinajstić information content (AvgIpc) is 2.39. The molecule has 0 atom stereocenters. The van der Waals surface area contributed by atoms with Crippen molar-refractivity contribution in [2.45, 2.75) is 0 Å². The predicted octanol–water partition coefficient (Wildman–Crippen LogP) is 1.19. The van der Waals surface area contributed by atoms with Gasteiger partial charge in [0.2, 0.25) is 0 Å². The monoisotopic (exact) mass is 221 g/mol. The highest BCUT2D eigenvalue weighted by molar-refractivity contribution is 5.81. The van der Waals surface area contributed by atoms with Crippen LogP contribution in [0.3, 0.4) is 0 Å². The number of nitrogens with zero attached hydrogens (tertiary/aromatic N) is 4. The van der Waals surface area contributed by atoms with Crippen LogP contribution in [0.25, 0.3) is 0 Å². The lowest BCUT2D eigenvalue weighted by atomic mass is 10.2. The molecule has 5 nitrogen and oxygen atoms in total. The summed E-state index contributed by atoms with van der Waals surface area (Å²) >= 11 is 0. The van der Waals surface area contributed by atoms with Gasteiger partial charge in [0, 0.05) is 6.21 Å². The third kappa shape index (κ3) is 3.20. The number of hydrogen-bond acceptors (Lipinski definition) is 5. The number of benzene rings is 1. The van der Waals surface area contributed by atoms with E-state index in [4.69, 9.17) is 21.5 Å². The molecule has 0 bridgehead atoms. The molecule has 0 fully saturated rings. The lowest BCUT2D eigenvalue weighted by Gasteiger charge is -1.93. The molecule has 0 radical (unpaired) electrons. The lowest BCUT2D eigenvalue weighted by Crippen LogP contribution is -1.97. The summed E-state index contributed by atoms with van der Waals surface area (Å²) in [5, 5.41) is 25.8. The van der Waals surface area contributed by atoms with E-state index in [0.29, 0.717) is 11.1 Å². The summed E-state index contributed by atoms with van der Waals surface area (Å²) in [5.74, 6) is 0. The third-order valence-corrected chi connectivity index (χ3v) is 1.86. The molecule has 5 heteroatoms. The zero-order valence-electron chi connectivity index (χ0n) is 8.75. The second-order valence-electron chi connectivity index (χ2n) is 2.98. The molecule has 0 aliphatic heterocycles. The Morgan fingerprint density at radius 2 is 1.76 bits per heavy atom. The second-order valence-corrected chi connectivity index (χ2v) is 2.98. The van der Waals surface area contributed by atoms with E-state index >= 15 is 0 Å². The van der Waals surface area contributed by atoms with Gasteiger partial charge in [-0.3, -0.25) is 0 Å². The van der Waals surface area contributed by atoms with E-state index < -0.39 is 0 Å². The van der Waals surface area contributed by atoms with Gasteiger partial charge in [-0.05, 0) is 17.7 Å². The van der Waals surface area contributed by atoms with Crippen LogP contribution in [0.15, 0.2) is 40.7 Å². The fraction of sp³-hybridized carbons (Fsp3) is 0. The quantitative estimate of drug-likeness (QED) is 0.597. The van der Waals surface area contributed by atoms with Crippen LogP contribution < -0.4 is 5.73 Å². The number of allylic oxidation sites excluding steroid dienone is 2. The molecule has 2 N–H and O–H groups in total. The maximum Gasteiger partial charge on any atom is 0.174 e. The Morgan fingerprint density at radius 1 is 1.12 bits per heavy atom. The first-order chi connectivity index (χ1) is 8.21. The zero-order valence-corrected chi connectivity index (χ0v) is 8.75. The van der Waals surface area contributed by atoms with E-state index in [1.165, 1.54) is 6.21 Å². The number of nitrogens with two attached hydrogens (primary N) is 1. The van der Waals surface area contributed by atoms with Crippen LogP contribution in [0, 0.1) is 34.0 Å². The molecule has 17 heavy (non-hydrogen) atoms. The van der Waals surface area contributed by atoms with Gasteiger partial charge in [0.05, 0.1) is 11.6 Å². The highest BCUT2D eigenvalue weighted by Crippen LogP contribution is 2.03. The zero-order chi connectivity index (χ0) is 12.7. The topological polar surface area (TPSA) is 110 Å². The van der Waals surface area contributed by atoms with Crippen molar-refractivity contribution in [3.05, 3.63) is 46.8 Å². The summed E-state index contributed by atoms with van der Waals surface area (Å²) in [4.78, 5) is 3.80. The van der Waals surface area contributed by atoms with Crippen LogP contribution in [0.2, 0.25) is 0 Å². The molecule has 1 rings (SSSR count). The standard InChI is InChI=1S/C12H7N5/c13-5-9-1-3-10(4-2-9)8-17-12(7-15)11(16)6-14/h1-4,8H,16H2/b12-11-,17-8?. The predicted molar refractivity (Wildman–Crippen MR) is 61.2 cm³/mol. The highest BCUT2D eigenvalue weighted by Gasteiger charge is 1.98. The summed E-state index contributed by atoms with van der Waals surface area (Å²) in [6, 6.07) is 12.0. The molecule has 0 saturated heterocycles. The Balaban J connectivity index is 2.96. The Bertz CT molecular complexity index is 588. The molecule has 0 spiro atoms. The lowest BCUT2D eigenvalue weighted by molar-refractivity contribution is 1.27.